The lowest BCUT2D eigenvalue weighted by Crippen LogP contribution is -2.60. The van der Waals surface area contributed by atoms with E-state index in [1.807, 2.05) is 20.8 Å². The van der Waals surface area contributed by atoms with Gasteiger partial charge in [-0.3, -0.25) is 4.79 Å². The topological polar surface area (TPSA) is 44.4 Å². The fourth-order valence-electron chi connectivity index (χ4n) is 4.06. The summed E-state index contributed by atoms with van der Waals surface area (Å²) in [4.78, 5) is 14.8. The third-order valence-electron chi connectivity index (χ3n) is 5.53. The first-order valence-electron chi connectivity index (χ1n) is 9.71. The highest BCUT2D eigenvalue weighted by Gasteiger charge is 2.40. The van der Waals surface area contributed by atoms with Gasteiger partial charge in [-0.2, -0.15) is 0 Å². The van der Waals surface area contributed by atoms with Crippen molar-refractivity contribution < 1.29 is 4.79 Å². The fraction of sp³-hybridized carbons (Fsp3) is 0.619. The minimum absolute atomic E-state index is 0.148. The Hall–Kier alpha value is -1.62. The zero-order valence-corrected chi connectivity index (χ0v) is 17.2. The van der Waals surface area contributed by atoms with Gasteiger partial charge in [-0.1, -0.05) is 38.5 Å². The molecule has 2 bridgehead atoms. The predicted molar refractivity (Wildman–Crippen MR) is 111 cm³/mol. The van der Waals surface area contributed by atoms with Gasteiger partial charge in [0.1, 0.15) is 0 Å². The van der Waals surface area contributed by atoms with Crippen molar-refractivity contribution in [3.8, 4) is 0 Å². The molecule has 5 heteroatoms. The van der Waals surface area contributed by atoms with E-state index in [2.05, 4.69) is 46.7 Å². The highest BCUT2D eigenvalue weighted by molar-refractivity contribution is 7.80. The standard InChI is InChI=1S/C21H31N3OS/c1-14-8-10-15(11-9-14)23-20(26)24-17-6-5-7-18(24)13-16(12-17)22-19(25)21(2,3)4/h8-11,16-18H,5-7,12-13H2,1-4H3,(H,22,25)(H,23,26). The van der Waals surface area contributed by atoms with Crippen LogP contribution in [0.1, 0.15) is 58.4 Å². The molecule has 2 saturated heterocycles. The summed E-state index contributed by atoms with van der Waals surface area (Å²) in [7, 11) is 0. The number of nitrogens with one attached hydrogen (secondary N) is 2. The van der Waals surface area contributed by atoms with Gasteiger partial charge in [0.25, 0.3) is 0 Å². The molecule has 2 heterocycles. The smallest absolute Gasteiger partial charge is 0.225 e. The van der Waals surface area contributed by atoms with Crippen molar-refractivity contribution in [3.63, 3.8) is 0 Å². The molecule has 2 fully saturated rings. The van der Waals surface area contributed by atoms with Gasteiger partial charge in [-0.05, 0) is 63.4 Å². The summed E-state index contributed by atoms with van der Waals surface area (Å²) in [5, 5.41) is 7.51. The van der Waals surface area contributed by atoms with Crippen molar-refractivity contribution in [2.75, 3.05) is 5.32 Å². The number of rotatable bonds is 2. The summed E-state index contributed by atoms with van der Waals surface area (Å²) in [6, 6.07) is 9.44. The fourth-order valence-corrected chi connectivity index (χ4v) is 4.47. The van der Waals surface area contributed by atoms with Crippen LogP contribution in [-0.4, -0.2) is 34.0 Å². The maximum absolute atomic E-state index is 12.4. The Balaban J connectivity index is 1.65. The molecule has 0 aliphatic carbocycles. The second-order valence-corrected chi connectivity index (χ2v) is 9.22. The van der Waals surface area contributed by atoms with Gasteiger partial charge in [-0.25, -0.2) is 0 Å². The molecule has 0 aromatic heterocycles. The molecule has 0 radical (unpaired) electrons. The first-order valence-corrected chi connectivity index (χ1v) is 10.1. The molecule has 2 aliphatic heterocycles. The molecular weight excluding hydrogens is 342 g/mol. The van der Waals surface area contributed by atoms with E-state index in [0.29, 0.717) is 12.1 Å². The van der Waals surface area contributed by atoms with Crippen molar-refractivity contribution in [3.05, 3.63) is 29.8 Å². The number of hydrogen-bond donors (Lipinski definition) is 2. The van der Waals surface area contributed by atoms with E-state index in [4.69, 9.17) is 12.2 Å². The Bertz CT molecular complexity index is 651. The largest absolute Gasteiger partial charge is 0.353 e. The molecule has 0 spiro atoms. The predicted octanol–water partition coefficient (Wildman–Crippen LogP) is 4.24. The number of fused-ring (bicyclic) bond motifs is 2. The van der Waals surface area contributed by atoms with Crippen LogP contribution in [0, 0.1) is 12.3 Å². The molecule has 0 saturated carbocycles. The molecule has 1 aromatic rings. The summed E-state index contributed by atoms with van der Waals surface area (Å²) >= 11 is 5.76. The average molecular weight is 374 g/mol. The molecule has 1 amide bonds. The van der Waals surface area contributed by atoms with Gasteiger partial charge >= 0.3 is 0 Å². The van der Waals surface area contributed by atoms with E-state index in [0.717, 1.165) is 36.5 Å². The lowest BCUT2D eigenvalue weighted by Gasteiger charge is -2.50. The van der Waals surface area contributed by atoms with Gasteiger partial charge in [0.05, 0.1) is 0 Å². The summed E-state index contributed by atoms with van der Waals surface area (Å²) in [5.74, 6) is 0.148. The first kappa shape index (κ1) is 19.2. The minimum Gasteiger partial charge on any atom is -0.353 e. The van der Waals surface area contributed by atoms with Gasteiger partial charge in [-0.15, -0.1) is 0 Å². The molecule has 4 nitrogen and oxygen atoms in total. The molecular formula is C21H31N3OS. The Morgan fingerprint density at radius 1 is 1.12 bits per heavy atom. The number of amides is 1. The number of hydrogen-bond acceptors (Lipinski definition) is 2. The zero-order valence-electron chi connectivity index (χ0n) is 16.3. The summed E-state index contributed by atoms with van der Waals surface area (Å²) in [6.07, 6.45) is 5.50. The molecule has 2 aliphatic rings. The van der Waals surface area contributed by atoms with Crippen LogP contribution >= 0.6 is 12.2 Å². The number of nitrogens with zero attached hydrogens (tertiary/aromatic N) is 1. The van der Waals surface area contributed by atoms with Gasteiger partial charge in [0.2, 0.25) is 5.91 Å². The number of carbonyl (C=O) groups is 1. The number of thiocarbonyl (C=S) groups is 1. The lowest BCUT2D eigenvalue weighted by molar-refractivity contribution is -0.129. The molecule has 2 atom stereocenters. The average Bonchev–Trinajstić information content (AvgIpc) is 2.55. The second-order valence-electron chi connectivity index (χ2n) is 8.83. The van der Waals surface area contributed by atoms with Crippen LogP contribution in [0.3, 0.4) is 0 Å². The van der Waals surface area contributed by atoms with Crippen LogP contribution in [-0.2, 0) is 4.79 Å². The van der Waals surface area contributed by atoms with Crippen LogP contribution in [0.5, 0.6) is 0 Å². The third-order valence-corrected chi connectivity index (χ3v) is 5.84. The van der Waals surface area contributed by atoms with Crippen molar-refractivity contribution in [1.29, 1.82) is 0 Å². The Labute approximate surface area is 162 Å². The number of benzene rings is 1. The van der Waals surface area contributed by atoms with Gasteiger partial charge in [0, 0.05) is 29.2 Å². The third kappa shape index (κ3) is 4.37. The molecule has 2 N–H and O–H groups in total. The van der Waals surface area contributed by atoms with E-state index < -0.39 is 0 Å². The van der Waals surface area contributed by atoms with Crippen LogP contribution in [0.4, 0.5) is 5.69 Å². The van der Waals surface area contributed by atoms with Crippen molar-refractivity contribution >= 4 is 28.9 Å². The summed E-state index contributed by atoms with van der Waals surface area (Å²) in [5.41, 5.74) is 1.95. The monoisotopic (exact) mass is 373 g/mol. The number of aryl methyl sites for hydroxylation is 1. The van der Waals surface area contributed by atoms with Crippen molar-refractivity contribution in [1.82, 2.24) is 10.2 Å². The minimum atomic E-state index is -0.339. The van der Waals surface area contributed by atoms with Crippen molar-refractivity contribution in [2.24, 2.45) is 5.41 Å². The van der Waals surface area contributed by atoms with Crippen LogP contribution in [0.15, 0.2) is 24.3 Å². The van der Waals surface area contributed by atoms with E-state index in [1.165, 1.54) is 12.0 Å². The maximum atomic E-state index is 12.4. The Morgan fingerprint density at radius 2 is 1.69 bits per heavy atom. The lowest BCUT2D eigenvalue weighted by atomic mass is 9.81. The van der Waals surface area contributed by atoms with Crippen LogP contribution in [0.25, 0.3) is 0 Å². The second kappa shape index (κ2) is 7.55. The highest BCUT2D eigenvalue weighted by Crippen LogP contribution is 2.35. The maximum Gasteiger partial charge on any atom is 0.225 e. The van der Waals surface area contributed by atoms with Gasteiger partial charge < -0.3 is 15.5 Å². The quantitative estimate of drug-likeness (QED) is 0.761. The van der Waals surface area contributed by atoms with Crippen LogP contribution in [0.2, 0.25) is 0 Å². The van der Waals surface area contributed by atoms with E-state index in [-0.39, 0.29) is 17.4 Å². The SMILES string of the molecule is Cc1ccc(NC(=S)N2C3CCCC2CC(NC(=O)C(C)(C)C)C3)cc1. The molecule has 26 heavy (non-hydrogen) atoms. The highest BCUT2D eigenvalue weighted by atomic mass is 32.1. The molecule has 142 valence electrons. The Morgan fingerprint density at radius 3 is 2.23 bits per heavy atom. The number of piperidine rings is 2. The van der Waals surface area contributed by atoms with E-state index in [1.54, 1.807) is 0 Å². The summed E-state index contributed by atoms with van der Waals surface area (Å²) < 4.78 is 0. The Kier molecular flexibility index (Phi) is 5.56. The van der Waals surface area contributed by atoms with Gasteiger partial charge in [0.15, 0.2) is 5.11 Å². The number of anilines is 1. The molecule has 3 rings (SSSR count). The van der Waals surface area contributed by atoms with Crippen molar-refractivity contribution in [2.45, 2.75) is 77.9 Å². The summed E-state index contributed by atoms with van der Waals surface area (Å²) in [6.45, 7) is 8.00. The normalized spacial score (nSPS) is 25.5. The molecule has 1 aromatic carbocycles. The van der Waals surface area contributed by atoms with E-state index in [9.17, 15) is 4.79 Å². The van der Waals surface area contributed by atoms with E-state index >= 15 is 0 Å². The zero-order chi connectivity index (χ0) is 18.9. The number of carbonyl (C=O) groups excluding carboxylic acids is 1. The first-order chi connectivity index (χ1) is 12.2. The van der Waals surface area contributed by atoms with Crippen LogP contribution < -0.4 is 10.6 Å². The molecule has 2 unspecified atom stereocenters.